The first-order valence-electron chi connectivity index (χ1n) is 5.01. The fraction of sp³-hybridized carbons (Fsp3) is 0.333. The smallest absolute Gasteiger partial charge is 0.277 e. The molecule has 0 aliphatic carbocycles. The highest BCUT2D eigenvalue weighted by atomic mass is 16.6. The molecule has 2 aromatic heterocycles. The summed E-state index contributed by atoms with van der Waals surface area (Å²) in [7, 11) is 1.89. The van der Waals surface area contributed by atoms with E-state index in [0.717, 1.165) is 5.82 Å². The first-order valence-corrected chi connectivity index (χ1v) is 5.01. The molecule has 90 valence electrons. The van der Waals surface area contributed by atoms with Gasteiger partial charge in [-0.2, -0.15) is 0 Å². The Labute approximate surface area is 96.8 Å². The van der Waals surface area contributed by atoms with Crippen LogP contribution in [0.4, 0.5) is 5.82 Å². The number of amides is 1. The maximum Gasteiger partial charge on any atom is 0.277 e. The predicted molar refractivity (Wildman–Crippen MR) is 58.0 cm³/mol. The number of hydrogen-bond donors (Lipinski definition) is 2. The van der Waals surface area contributed by atoms with Crippen molar-refractivity contribution in [1.29, 1.82) is 0 Å². The van der Waals surface area contributed by atoms with Gasteiger partial charge in [0.2, 0.25) is 11.5 Å². The summed E-state index contributed by atoms with van der Waals surface area (Å²) in [6.07, 6.45) is 4.17. The average molecular weight is 236 g/mol. The number of nitrogens with one attached hydrogen (secondary N) is 1. The van der Waals surface area contributed by atoms with Crippen LogP contribution in [0, 0.1) is 0 Å². The molecule has 0 fully saturated rings. The van der Waals surface area contributed by atoms with Crippen molar-refractivity contribution in [2.45, 2.75) is 6.42 Å². The molecule has 0 bridgehead atoms. The molecule has 0 aliphatic rings. The Morgan fingerprint density at radius 2 is 2.41 bits per heavy atom. The Hall–Kier alpha value is -2.38. The normalized spacial score (nSPS) is 10.4. The highest BCUT2D eigenvalue weighted by Gasteiger charge is 2.15. The van der Waals surface area contributed by atoms with Gasteiger partial charge in [-0.3, -0.25) is 4.79 Å². The molecule has 0 aliphatic heterocycles. The highest BCUT2D eigenvalue weighted by molar-refractivity contribution is 5.95. The Balaban J connectivity index is 1.86. The Morgan fingerprint density at radius 3 is 3.00 bits per heavy atom. The van der Waals surface area contributed by atoms with Crippen LogP contribution in [0.15, 0.2) is 17.0 Å². The van der Waals surface area contributed by atoms with Crippen LogP contribution in [0.1, 0.15) is 16.3 Å². The molecule has 3 N–H and O–H groups in total. The van der Waals surface area contributed by atoms with E-state index in [1.165, 1.54) is 0 Å². The van der Waals surface area contributed by atoms with Crippen LogP contribution in [0.25, 0.3) is 0 Å². The van der Waals surface area contributed by atoms with Crippen molar-refractivity contribution in [2.24, 2.45) is 7.05 Å². The van der Waals surface area contributed by atoms with Crippen LogP contribution in [0.3, 0.4) is 0 Å². The quantitative estimate of drug-likeness (QED) is 0.730. The van der Waals surface area contributed by atoms with Crippen molar-refractivity contribution in [3.8, 4) is 0 Å². The third-order valence-corrected chi connectivity index (χ3v) is 2.28. The van der Waals surface area contributed by atoms with E-state index in [9.17, 15) is 4.79 Å². The zero-order valence-electron chi connectivity index (χ0n) is 9.25. The summed E-state index contributed by atoms with van der Waals surface area (Å²) in [5.74, 6) is 0.467. The third kappa shape index (κ3) is 2.41. The van der Waals surface area contributed by atoms with E-state index in [0.29, 0.717) is 13.0 Å². The molecule has 17 heavy (non-hydrogen) atoms. The standard InChI is InChI=1S/C9H12N6O2/c1-15-5-4-11-6(15)2-3-12-9(16)7-8(10)14-17-13-7/h4-5H,2-3H2,1H3,(H2,10,14)(H,12,16). The molecular weight excluding hydrogens is 224 g/mol. The van der Waals surface area contributed by atoms with Crippen LogP contribution in [-0.2, 0) is 13.5 Å². The van der Waals surface area contributed by atoms with Crippen LogP contribution in [0.2, 0.25) is 0 Å². The molecule has 2 rings (SSSR count). The van der Waals surface area contributed by atoms with E-state index >= 15 is 0 Å². The molecule has 0 saturated heterocycles. The van der Waals surface area contributed by atoms with Crippen LogP contribution >= 0.6 is 0 Å². The summed E-state index contributed by atoms with van der Waals surface area (Å²) in [6.45, 7) is 0.440. The molecule has 0 radical (unpaired) electrons. The van der Waals surface area contributed by atoms with Gasteiger partial charge in [-0.1, -0.05) is 0 Å². The second-order valence-electron chi connectivity index (χ2n) is 3.46. The lowest BCUT2D eigenvalue weighted by atomic mass is 10.3. The number of imidazole rings is 1. The monoisotopic (exact) mass is 236 g/mol. The minimum Gasteiger partial charge on any atom is -0.379 e. The van der Waals surface area contributed by atoms with Crippen molar-refractivity contribution in [3.63, 3.8) is 0 Å². The number of nitrogens with zero attached hydrogens (tertiary/aromatic N) is 4. The summed E-state index contributed by atoms with van der Waals surface area (Å²) in [5, 5.41) is 9.39. The van der Waals surface area contributed by atoms with Gasteiger partial charge in [-0.05, 0) is 10.3 Å². The van der Waals surface area contributed by atoms with Gasteiger partial charge >= 0.3 is 0 Å². The van der Waals surface area contributed by atoms with Crippen molar-refractivity contribution in [1.82, 2.24) is 25.2 Å². The van der Waals surface area contributed by atoms with E-state index in [-0.39, 0.29) is 11.5 Å². The summed E-state index contributed by atoms with van der Waals surface area (Å²) >= 11 is 0. The number of nitrogens with two attached hydrogens (primary N) is 1. The number of aromatic nitrogens is 4. The average Bonchev–Trinajstić information content (AvgIpc) is 2.88. The predicted octanol–water partition coefficient (Wildman–Crippen LogP) is -0.642. The van der Waals surface area contributed by atoms with Gasteiger partial charge in [-0.15, -0.1) is 0 Å². The second kappa shape index (κ2) is 4.64. The molecule has 0 spiro atoms. The maximum absolute atomic E-state index is 11.6. The number of rotatable bonds is 4. The molecular formula is C9H12N6O2. The number of carbonyl (C=O) groups is 1. The van der Waals surface area contributed by atoms with Gasteiger partial charge < -0.3 is 15.6 Å². The number of aryl methyl sites for hydroxylation is 1. The van der Waals surface area contributed by atoms with Crippen molar-refractivity contribution in [3.05, 3.63) is 23.9 Å². The molecule has 0 atom stereocenters. The van der Waals surface area contributed by atoms with Crippen molar-refractivity contribution in [2.75, 3.05) is 12.3 Å². The fourth-order valence-corrected chi connectivity index (χ4v) is 1.36. The summed E-state index contributed by atoms with van der Waals surface area (Å²) < 4.78 is 6.22. The Kier molecular flexibility index (Phi) is 3.03. The summed E-state index contributed by atoms with van der Waals surface area (Å²) in [4.78, 5) is 15.7. The van der Waals surface area contributed by atoms with Gasteiger partial charge in [0.25, 0.3) is 5.91 Å². The molecule has 2 heterocycles. The number of carbonyl (C=O) groups excluding carboxylic acids is 1. The zero-order valence-corrected chi connectivity index (χ0v) is 9.25. The third-order valence-electron chi connectivity index (χ3n) is 2.28. The van der Waals surface area contributed by atoms with E-state index in [1.807, 2.05) is 17.8 Å². The Bertz CT molecular complexity index is 517. The number of nitrogen functional groups attached to an aromatic ring is 1. The van der Waals surface area contributed by atoms with Gasteiger partial charge in [0.1, 0.15) is 5.82 Å². The lowest BCUT2D eigenvalue weighted by Gasteiger charge is -2.03. The lowest BCUT2D eigenvalue weighted by Crippen LogP contribution is -2.27. The maximum atomic E-state index is 11.6. The van der Waals surface area contributed by atoms with E-state index in [4.69, 9.17) is 5.73 Å². The topological polar surface area (TPSA) is 112 Å². The summed E-state index contributed by atoms with van der Waals surface area (Å²) in [5.41, 5.74) is 5.39. The molecule has 0 saturated carbocycles. The van der Waals surface area contributed by atoms with Gasteiger partial charge in [0.05, 0.1) is 0 Å². The first-order chi connectivity index (χ1) is 8.18. The van der Waals surface area contributed by atoms with E-state index in [2.05, 4.69) is 25.2 Å². The highest BCUT2D eigenvalue weighted by Crippen LogP contribution is 2.03. The first kappa shape index (κ1) is 11.1. The van der Waals surface area contributed by atoms with Crippen LogP contribution in [-0.4, -0.2) is 32.3 Å². The molecule has 0 unspecified atom stereocenters. The van der Waals surface area contributed by atoms with Gasteiger partial charge in [0, 0.05) is 32.4 Å². The van der Waals surface area contributed by atoms with E-state index in [1.54, 1.807) is 6.20 Å². The van der Waals surface area contributed by atoms with Gasteiger partial charge in [0.15, 0.2) is 0 Å². The fourth-order valence-electron chi connectivity index (χ4n) is 1.36. The van der Waals surface area contributed by atoms with Crippen LogP contribution in [0.5, 0.6) is 0 Å². The summed E-state index contributed by atoms with van der Waals surface area (Å²) in [6, 6.07) is 0. The van der Waals surface area contributed by atoms with Crippen molar-refractivity contribution < 1.29 is 9.42 Å². The van der Waals surface area contributed by atoms with E-state index < -0.39 is 5.91 Å². The molecule has 0 aromatic carbocycles. The SMILES string of the molecule is Cn1ccnc1CCNC(=O)c1nonc1N. The van der Waals surface area contributed by atoms with Crippen molar-refractivity contribution >= 4 is 11.7 Å². The largest absolute Gasteiger partial charge is 0.379 e. The lowest BCUT2D eigenvalue weighted by molar-refractivity contribution is 0.0944. The zero-order chi connectivity index (χ0) is 12.3. The minimum atomic E-state index is -0.405. The second-order valence-corrected chi connectivity index (χ2v) is 3.46. The molecule has 1 amide bonds. The van der Waals surface area contributed by atoms with Gasteiger partial charge in [-0.25, -0.2) is 9.61 Å². The number of anilines is 1. The Morgan fingerprint density at radius 1 is 1.59 bits per heavy atom. The molecule has 8 heteroatoms. The minimum absolute atomic E-state index is 0.00448. The van der Waals surface area contributed by atoms with Crippen LogP contribution < -0.4 is 11.1 Å². The number of hydrogen-bond acceptors (Lipinski definition) is 6. The molecule has 8 nitrogen and oxygen atoms in total. The molecule has 2 aromatic rings.